The van der Waals surface area contributed by atoms with Gasteiger partial charge >= 0.3 is 0 Å². The lowest BCUT2D eigenvalue weighted by Crippen LogP contribution is -2.12. The van der Waals surface area contributed by atoms with Gasteiger partial charge < -0.3 is 10.2 Å². The first-order valence-electron chi connectivity index (χ1n) is 6.69. The zero-order valence-electron chi connectivity index (χ0n) is 11.7. The maximum atomic E-state index is 5.65. The summed E-state index contributed by atoms with van der Waals surface area (Å²) < 4.78 is 5.65. The van der Waals surface area contributed by atoms with Crippen molar-refractivity contribution in [2.45, 2.75) is 33.1 Å². The Morgan fingerprint density at radius 1 is 1.32 bits per heavy atom. The zero-order chi connectivity index (χ0) is 13.8. The second-order valence-corrected chi connectivity index (χ2v) is 4.93. The van der Waals surface area contributed by atoms with Gasteiger partial charge in [0.25, 0.3) is 0 Å². The van der Waals surface area contributed by atoms with Crippen LogP contribution in [0.25, 0.3) is 10.9 Å². The number of hydrogen-bond acceptors (Lipinski definition) is 4. The average Bonchev–Trinajstić information content (AvgIpc) is 2.43. The van der Waals surface area contributed by atoms with Gasteiger partial charge in [-0.3, -0.25) is 0 Å². The summed E-state index contributed by atoms with van der Waals surface area (Å²) in [5, 5.41) is 1.08. The van der Waals surface area contributed by atoms with Crippen LogP contribution < -0.4 is 16.0 Å². The molecule has 0 aliphatic carbocycles. The van der Waals surface area contributed by atoms with Crippen LogP contribution in [-0.4, -0.2) is 11.6 Å². The first-order valence-corrected chi connectivity index (χ1v) is 6.69. The van der Waals surface area contributed by atoms with Crippen LogP contribution in [0.4, 0.5) is 5.82 Å². The molecule has 1 heterocycles. The zero-order valence-corrected chi connectivity index (χ0v) is 11.7. The standard InChI is InChI=1S/C15H21N3O/c1-4-7-19-12-5-6-14-11(8-12)9-13(10(2)3)15(17-14)18-16/h5-6,8-10H,4,7,16H2,1-3H3,(H,17,18). The summed E-state index contributed by atoms with van der Waals surface area (Å²) in [6, 6.07) is 8.07. The van der Waals surface area contributed by atoms with E-state index < -0.39 is 0 Å². The lowest BCUT2D eigenvalue weighted by Gasteiger charge is -2.13. The van der Waals surface area contributed by atoms with E-state index in [0.29, 0.717) is 5.92 Å². The van der Waals surface area contributed by atoms with Crippen LogP contribution in [0.15, 0.2) is 24.3 Å². The fourth-order valence-corrected chi connectivity index (χ4v) is 2.04. The third kappa shape index (κ3) is 2.96. The van der Waals surface area contributed by atoms with Gasteiger partial charge in [0.15, 0.2) is 0 Å². The van der Waals surface area contributed by atoms with Gasteiger partial charge in [-0.1, -0.05) is 20.8 Å². The highest BCUT2D eigenvalue weighted by atomic mass is 16.5. The molecule has 0 fully saturated rings. The molecule has 0 saturated heterocycles. The summed E-state index contributed by atoms with van der Waals surface area (Å²) in [7, 11) is 0. The van der Waals surface area contributed by atoms with Gasteiger partial charge in [0.05, 0.1) is 12.1 Å². The summed E-state index contributed by atoms with van der Waals surface area (Å²) in [5.74, 6) is 7.53. The second kappa shape index (κ2) is 5.89. The molecule has 0 spiro atoms. The minimum atomic E-state index is 0.364. The Balaban J connectivity index is 2.46. The quantitative estimate of drug-likeness (QED) is 0.638. The van der Waals surface area contributed by atoms with E-state index in [9.17, 15) is 0 Å². The van der Waals surface area contributed by atoms with Gasteiger partial charge in [0, 0.05) is 5.39 Å². The number of nitrogens with zero attached hydrogens (tertiary/aromatic N) is 1. The van der Waals surface area contributed by atoms with Crippen LogP contribution in [0.3, 0.4) is 0 Å². The fourth-order valence-electron chi connectivity index (χ4n) is 2.04. The van der Waals surface area contributed by atoms with Gasteiger partial charge in [-0.2, -0.15) is 0 Å². The number of anilines is 1. The van der Waals surface area contributed by atoms with Crippen LogP contribution in [0, 0.1) is 0 Å². The lowest BCUT2D eigenvalue weighted by atomic mass is 10.0. The molecule has 1 aromatic carbocycles. The number of aromatic nitrogens is 1. The molecule has 0 amide bonds. The first-order chi connectivity index (χ1) is 9.15. The number of ether oxygens (including phenoxy) is 1. The van der Waals surface area contributed by atoms with E-state index in [0.717, 1.165) is 41.1 Å². The van der Waals surface area contributed by atoms with Crippen molar-refractivity contribution in [3.8, 4) is 5.75 Å². The highest BCUT2D eigenvalue weighted by Gasteiger charge is 2.10. The van der Waals surface area contributed by atoms with Crippen molar-refractivity contribution in [2.75, 3.05) is 12.0 Å². The molecule has 102 valence electrons. The van der Waals surface area contributed by atoms with Crippen molar-refractivity contribution in [3.63, 3.8) is 0 Å². The van der Waals surface area contributed by atoms with E-state index in [2.05, 4.69) is 37.2 Å². The van der Waals surface area contributed by atoms with E-state index in [1.54, 1.807) is 0 Å². The molecule has 0 unspecified atom stereocenters. The van der Waals surface area contributed by atoms with E-state index >= 15 is 0 Å². The minimum absolute atomic E-state index is 0.364. The summed E-state index contributed by atoms with van der Waals surface area (Å²) in [4.78, 5) is 4.54. The van der Waals surface area contributed by atoms with Crippen molar-refractivity contribution >= 4 is 16.7 Å². The second-order valence-electron chi connectivity index (χ2n) is 4.93. The SMILES string of the molecule is CCCOc1ccc2nc(NN)c(C(C)C)cc2c1. The van der Waals surface area contributed by atoms with Gasteiger partial charge in [0.2, 0.25) is 0 Å². The minimum Gasteiger partial charge on any atom is -0.494 e. The Morgan fingerprint density at radius 2 is 2.11 bits per heavy atom. The summed E-state index contributed by atoms with van der Waals surface area (Å²) in [6.45, 7) is 7.08. The smallest absolute Gasteiger partial charge is 0.144 e. The molecule has 0 radical (unpaired) electrons. The van der Waals surface area contributed by atoms with Gasteiger partial charge in [-0.05, 0) is 42.2 Å². The van der Waals surface area contributed by atoms with Crippen molar-refractivity contribution in [1.29, 1.82) is 0 Å². The number of hydrogen-bond donors (Lipinski definition) is 2. The molecule has 0 bridgehead atoms. The number of fused-ring (bicyclic) bond motifs is 1. The van der Waals surface area contributed by atoms with E-state index in [1.165, 1.54) is 0 Å². The molecule has 2 aromatic rings. The lowest BCUT2D eigenvalue weighted by molar-refractivity contribution is 0.318. The largest absolute Gasteiger partial charge is 0.494 e. The van der Waals surface area contributed by atoms with Crippen molar-refractivity contribution in [3.05, 3.63) is 29.8 Å². The molecule has 2 rings (SSSR count). The summed E-state index contributed by atoms with van der Waals surface area (Å²) >= 11 is 0. The summed E-state index contributed by atoms with van der Waals surface area (Å²) in [5.41, 5.74) is 4.71. The monoisotopic (exact) mass is 259 g/mol. The Hall–Kier alpha value is -1.81. The summed E-state index contributed by atoms with van der Waals surface area (Å²) in [6.07, 6.45) is 1.00. The Morgan fingerprint density at radius 3 is 2.74 bits per heavy atom. The van der Waals surface area contributed by atoms with Crippen molar-refractivity contribution in [1.82, 2.24) is 4.98 Å². The average molecular weight is 259 g/mol. The maximum absolute atomic E-state index is 5.65. The molecule has 0 aliphatic rings. The Labute approximate surface area is 113 Å². The van der Waals surface area contributed by atoms with Crippen molar-refractivity contribution in [2.24, 2.45) is 5.84 Å². The molecule has 4 nitrogen and oxygen atoms in total. The topological polar surface area (TPSA) is 60.2 Å². The Bertz CT molecular complexity index is 567. The van der Waals surface area contributed by atoms with Crippen LogP contribution in [0.2, 0.25) is 0 Å². The normalized spacial score (nSPS) is 11.0. The number of nitrogens with two attached hydrogens (primary N) is 1. The number of benzene rings is 1. The van der Waals surface area contributed by atoms with Crippen LogP contribution in [0.5, 0.6) is 5.75 Å². The number of rotatable bonds is 5. The first kappa shape index (κ1) is 13.6. The predicted octanol–water partition coefficient (Wildman–Crippen LogP) is 3.43. The highest BCUT2D eigenvalue weighted by Crippen LogP contribution is 2.28. The maximum Gasteiger partial charge on any atom is 0.144 e. The van der Waals surface area contributed by atoms with Gasteiger partial charge in [0.1, 0.15) is 11.6 Å². The van der Waals surface area contributed by atoms with Crippen molar-refractivity contribution < 1.29 is 4.74 Å². The molecular formula is C15H21N3O. The molecule has 0 atom stereocenters. The van der Waals surface area contributed by atoms with E-state index in [-0.39, 0.29) is 0 Å². The van der Waals surface area contributed by atoms with E-state index in [4.69, 9.17) is 10.6 Å². The molecule has 0 aliphatic heterocycles. The van der Waals surface area contributed by atoms with Gasteiger partial charge in [-0.15, -0.1) is 0 Å². The van der Waals surface area contributed by atoms with E-state index in [1.807, 2.05) is 18.2 Å². The molecular weight excluding hydrogens is 238 g/mol. The highest BCUT2D eigenvalue weighted by molar-refractivity contribution is 5.83. The third-order valence-electron chi connectivity index (χ3n) is 3.05. The van der Waals surface area contributed by atoms with Crippen LogP contribution in [-0.2, 0) is 0 Å². The number of hydrazine groups is 1. The molecule has 3 N–H and O–H groups in total. The van der Waals surface area contributed by atoms with Crippen LogP contribution >= 0.6 is 0 Å². The Kier molecular flexibility index (Phi) is 4.22. The fraction of sp³-hybridized carbons (Fsp3) is 0.400. The molecule has 19 heavy (non-hydrogen) atoms. The predicted molar refractivity (Wildman–Crippen MR) is 79.4 cm³/mol. The van der Waals surface area contributed by atoms with Crippen LogP contribution in [0.1, 0.15) is 38.7 Å². The molecule has 1 aromatic heterocycles. The van der Waals surface area contributed by atoms with Gasteiger partial charge in [-0.25, -0.2) is 10.8 Å². The number of nitrogens with one attached hydrogen (secondary N) is 1. The number of nitrogen functional groups attached to an aromatic ring is 1. The third-order valence-corrected chi connectivity index (χ3v) is 3.05. The number of pyridine rings is 1. The molecule has 4 heteroatoms. The molecule has 0 saturated carbocycles.